The zero-order chi connectivity index (χ0) is 15.5. The van der Waals surface area contributed by atoms with Crippen molar-refractivity contribution in [1.82, 2.24) is 0 Å². The van der Waals surface area contributed by atoms with Gasteiger partial charge in [0.05, 0.1) is 0 Å². The summed E-state index contributed by atoms with van der Waals surface area (Å²) in [7, 11) is 0. The van der Waals surface area contributed by atoms with Gasteiger partial charge >= 0.3 is 23.1 Å². The Morgan fingerprint density at radius 1 is 0.762 bits per heavy atom. The fourth-order valence-electron chi connectivity index (χ4n) is 2.29. The first-order valence-corrected chi connectivity index (χ1v) is 9.39. The van der Waals surface area contributed by atoms with Crippen molar-refractivity contribution in [2.75, 3.05) is 0 Å². The van der Waals surface area contributed by atoms with Gasteiger partial charge < -0.3 is 13.3 Å². The van der Waals surface area contributed by atoms with E-state index >= 15 is 0 Å². The van der Waals surface area contributed by atoms with Crippen molar-refractivity contribution in [3.8, 4) is 0 Å². The van der Waals surface area contributed by atoms with Gasteiger partial charge in [0.25, 0.3) is 0 Å². The quantitative estimate of drug-likeness (QED) is 0.189. The van der Waals surface area contributed by atoms with Crippen molar-refractivity contribution in [2.24, 2.45) is 5.92 Å². The zero-order valence-electron chi connectivity index (χ0n) is 15.8. The summed E-state index contributed by atoms with van der Waals surface area (Å²) in [4.78, 5) is 0. The van der Waals surface area contributed by atoms with Crippen LogP contribution in [0.3, 0.4) is 0 Å². The van der Waals surface area contributed by atoms with Gasteiger partial charge in [0, 0.05) is 0 Å². The van der Waals surface area contributed by atoms with Crippen molar-refractivity contribution in [2.45, 2.75) is 111 Å². The monoisotopic (exact) mass is 306 g/mol. The van der Waals surface area contributed by atoms with E-state index in [0.717, 1.165) is 12.3 Å². The molecule has 0 aliphatic rings. The fourth-order valence-corrected chi connectivity index (χ4v) is 2.29. The van der Waals surface area contributed by atoms with Gasteiger partial charge in [-0.1, -0.05) is 98.3 Å². The van der Waals surface area contributed by atoms with Crippen LogP contribution in [0.15, 0.2) is 0 Å². The van der Waals surface area contributed by atoms with Gasteiger partial charge in [0.1, 0.15) is 0 Å². The average molecular weight is 307 g/mol. The molecular weight excluding hydrogens is 265 g/mol. The molecule has 0 fully saturated rings. The molecule has 1 unspecified atom stereocenters. The summed E-state index contributed by atoms with van der Waals surface area (Å²) in [5, 5.41) is 0. The molecule has 1 heteroatoms. The molecule has 124 valence electrons. The Labute approximate surface area is 153 Å². The van der Waals surface area contributed by atoms with Crippen molar-refractivity contribution >= 4 is 23.1 Å². The van der Waals surface area contributed by atoms with Gasteiger partial charge in [-0.15, -0.1) is 0 Å². The Bertz CT molecular complexity index is 139. The first-order chi connectivity index (χ1) is 9.76. The first-order valence-electron chi connectivity index (χ1n) is 9.39. The summed E-state index contributed by atoms with van der Waals surface area (Å²) >= 11 is 0. The second kappa shape index (κ2) is 25.7. The van der Waals surface area contributed by atoms with E-state index in [-0.39, 0.29) is 23.1 Å². The van der Waals surface area contributed by atoms with Crippen molar-refractivity contribution in [3.63, 3.8) is 0 Å². The van der Waals surface area contributed by atoms with Crippen LogP contribution in [0.25, 0.3) is 0 Å². The predicted octanol–water partition coefficient (Wildman–Crippen LogP) is 7.40. The summed E-state index contributed by atoms with van der Waals surface area (Å²) in [6.45, 7) is 12.9. The van der Waals surface area contributed by atoms with E-state index in [9.17, 15) is 0 Å². The molecule has 0 nitrogen and oxygen atoms in total. The van der Waals surface area contributed by atoms with Gasteiger partial charge in [-0.25, -0.2) is 0 Å². The molecule has 0 N–H and O–H groups in total. The Kier molecular flexibility index (Phi) is 32.6. The Morgan fingerprint density at radius 3 is 1.81 bits per heavy atom. The van der Waals surface area contributed by atoms with Crippen LogP contribution >= 0.6 is 0 Å². The van der Waals surface area contributed by atoms with Crippen LogP contribution in [0.5, 0.6) is 0 Å². The van der Waals surface area contributed by atoms with Crippen molar-refractivity contribution in [3.05, 3.63) is 13.3 Å². The van der Waals surface area contributed by atoms with Crippen molar-refractivity contribution < 1.29 is 0 Å². The van der Waals surface area contributed by atoms with Crippen LogP contribution in [-0.2, 0) is 0 Å². The molecule has 0 radical (unpaired) electrons. The maximum atomic E-state index is 3.78. The van der Waals surface area contributed by atoms with Gasteiger partial charge in [0.2, 0.25) is 0 Å². The smallest absolute Gasteiger partial charge is 0.343 e. The van der Waals surface area contributed by atoms with Gasteiger partial charge in [-0.05, 0) is 0 Å². The standard InChI is InChI=1S/C12H25.C8H17.Mg/c1-4-7-9-11-12(6-3)10-8-5-2;1-3-5-7-8-6-4-2;/h11-12H,4-10H2,1-3H3;1,3-8H2,2H3;/q2*-1;+2. The Hall–Kier alpha value is 0.766. The van der Waals surface area contributed by atoms with Crippen LogP contribution in [0.4, 0.5) is 0 Å². The van der Waals surface area contributed by atoms with Gasteiger partial charge in [0.15, 0.2) is 0 Å². The Balaban J connectivity index is -0.000000317. The molecule has 0 heterocycles. The molecular formula is C20H42Mg. The molecule has 0 rings (SSSR count). The first kappa shape index (κ1) is 26.7. The number of unbranched alkanes of at least 4 members (excludes halogenated alkanes) is 8. The topological polar surface area (TPSA) is 0 Å². The molecule has 0 aromatic carbocycles. The van der Waals surface area contributed by atoms with Gasteiger partial charge in [-0.2, -0.15) is 18.8 Å². The maximum Gasteiger partial charge on any atom is 2.00 e. The predicted molar refractivity (Wildman–Crippen MR) is 102 cm³/mol. The van der Waals surface area contributed by atoms with E-state index in [1.165, 1.54) is 77.0 Å². The van der Waals surface area contributed by atoms with Crippen LogP contribution in [0.1, 0.15) is 111 Å². The number of hydrogen-bond acceptors (Lipinski definition) is 0. The number of hydrogen-bond donors (Lipinski definition) is 0. The van der Waals surface area contributed by atoms with Gasteiger partial charge in [-0.3, -0.25) is 0 Å². The van der Waals surface area contributed by atoms with Crippen LogP contribution in [0, 0.1) is 19.3 Å². The zero-order valence-corrected chi connectivity index (χ0v) is 17.2. The summed E-state index contributed by atoms with van der Waals surface area (Å²) in [6, 6.07) is 0. The molecule has 0 amide bonds. The minimum Gasteiger partial charge on any atom is -0.343 e. The summed E-state index contributed by atoms with van der Waals surface area (Å²) < 4.78 is 0. The second-order valence-electron chi connectivity index (χ2n) is 5.96. The van der Waals surface area contributed by atoms with E-state index in [1.807, 2.05) is 0 Å². The summed E-state index contributed by atoms with van der Waals surface area (Å²) in [6.07, 6.45) is 20.1. The maximum absolute atomic E-state index is 3.78. The molecule has 0 aromatic rings. The fraction of sp³-hybridized carbons (Fsp3) is 0.900. The molecule has 0 aliphatic heterocycles. The molecule has 0 bridgehead atoms. The molecule has 0 aliphatic carbocycles. The van der Waals surface area contributed by atoms with E-state index in [1.54, 1.807) is 0 Å². The van der Waals surface area contributed by atoms with E-state index < -0.39 is 0 Å². The largest absolute Gasteiger partial charge is 2.00 e. The summed E-state index contributed by atoms with van der Waals surface area (Å²) in [5.74, 6) is 0.900. The molecule has 0 saturated carbocycles. The third kappa shape index (κ3) is 26.0. The molecule has 0 spiro atoms. The van der Waals surface area contributed by atoms with E-state index in [4.69, 9.17) is 0 Å². The van der Waals surface area contributed by atoms with Crippen LogP contribution in [-0.4, -0.2) is 23.1 Å². The SMILES string of the molecule is CCCC[CH-]C(CC)CCCC.[CH2-]CCCCCCC.[Mg+2]. The van der Waals surface area contributed by atoms with Crippen LogP contribution < -0.4 is 0 Å². The van der Waals surface area contributed by atoms with Crippen molar-refractivity contribution in [1.29, 1.82) is 0 Å². The average Bonchev–Trinajstić information content (AvgIpc) is 2.48. The molecule has 0 saturated heterocycles. The minimum atomic E-state index is 0. The minimum absolute atomic E-state index is 0. The van der Waals surface area contributed by atoms with E-state index in [0.29, 0.717) is 0 Å². The Morgan fingerprint density at radius 2 is 1.33 bits per heavy atom. The van der Waals surface area contributed by atoms with E-state index in [2.05, 4.69) is 41.0 Å². The summed E-state index contributed by atoms with van der Waals surface area (Å²) in [5.41, 5.74) is 0. The molecule has 21 heavy (non-hydrogen) atoms. The second-order valence-corrected chi connectivity index (χ2v) is 5.96. The van der Waals surface area contributed by atoms with Crippen LogP contribution in [0.2, 0.25) is 0 Å². The number of rotatable bonds is 13. The molecule has 1 atom stereocenters. The third-order valence-electron chi connectivity index (χ3n) is 3.86. The molecule has 0 aromatic heterocycles. The normalized spacial score (nSPS) is 11.3. The third-order valence-corrected chi connectivity index (χ3v) is 3.86.